The smallest absolute Gasteiger partial charge is 0.335 e. The van der Waals surface area contributed by atoms with Gasteiger partial charge in [-0.1, -0.05) is 6.58 Å². The van der Waals surface area contributed by atoms with E-state index >= 15 is 0 Å². The molecule has 1 aromatic carbocycles. The van der Waals surface area contributed by atoms with Crippen molar-refractivity contribution in [3.05, 3.63) is 41.8 Å². The Morgan fingerprint density at radius 3 is 2.07 bits per heavy atom. The van der Waals surface area contributed by atoms with E-state index in [1.54, 1.807) is 0 Å². The molecule has 75 valence electrons. The molecule has 0 aliphatic rings. The van der Waals surface area contributed by atoms with Crippen LogP contribution in [-0.2, 0) is 9.84 Å². The Labute approximate surface area is 110 Å². The zero-order valence-electron chi connectivity index (χ0n) is 8.17. The molecule has 0 saturated carbocycles. The largest absolute Gasteiger partial charge is 0.478 e. The van der Waals surface area contributed by atoms with Gasteiger partial charge in [-0.25, -0.2) is 13.2 Å². The van der Waals surface area contributed by atoms with E-state index < -0.39 is 15.8 Å². The van der Waals surface area contributed by atoms with Crippen molar-refractivity contribution in [2.45, 2.75) is 4.90 Å². The Balaban J connectivity index is 0.00000196. The van der Waals surface area contributed by atoms with Crippen molar-refractivity contribution in [3.63, 3.8) is 0 Å². The third kappa shape index (κ3) is 3.46. The molecule has 0 spiro atoms. The average molecular weight is 235 g/mol. The van der Waals surface area contributed by atoms with Crippen LogP contribution >= 0.6 is 0 Å². The van der Waals surface area contributed by atoms with Crippen molar-refractivity contribution in [2.24, 2.45) is 0 Å². The molecule has 4 nitrogen and oxygen atoms in total. The van der Waals surface area contributed by atoms with Crippen molar-refractivity contribution in [3.8, 4) is 0 Å². The van der Waals surface area contributed by atoms with Crippen LogP contribution in [-0.4, -0.2) is 49.1 Å². The molecule has 6 heteroatoms. The van der Waals surface area contributed by atoms with Crippen LogP contribution in [0.1, 0.15) is 10.4 Å². The molecule has 0 atom stereocenters. The van der Waals surface area contributed by atoms with Crippen LogP contribution in [0.4, 0.5) is 0 Å². The number of carboxylic acid groups (broad SMARTS) is 1. The summed E-state index contributed by atoms with van der Waals surface area (Å²) in [6, 6.07) is 4.94. The molecule has 0 saturated heterocycles. The predicted octanol–water partition coefficient (Wildman–Crippen LogP) is 0.921. The van der Waals surface area contributed by atoms with Crippen LogP contribution in [0.5, 0.6) is 0 Å². The molecule has 0 aliphatic heterocycles. The molecular formula is C9H8NaO4S. The van der Waals surface area contributed by atoms with E-state index in [1.165, 1.54) is 24.3 Å². The number of rotatable bonds is 3. The maximum absolute atomic E-state index is 11.2. The third-order valence-electron chi connectivity index (χ3n) is 1.65. The van der Waals surface area contributed by atoms with Gasteiger partial charge in [0.05, 0.1) is 10.5 Å². The SMILES string of the molecule is C=CS(=O)(=O)c1ccc(C(=O)O)cc1.[Na]. The van der Waals surface area contributed by atoms with Gasteiger partial charge in [0.1, 0.15) is 0 Å². The molecule has 15 heavy (non-hydrogen) atoms. The van der Waals surface area contributed by atoms with Gasteiger partial charge in [0.2, 0.25) is 0 Å². The summed E-state index contributed by atoms with van der Waals surface area (Å²) in [5.74, 6) is -1.09. The first-order chi connectivity index (χ1) is 6.47. The zero-order valence-corrected chi connectivity index (χ0v) is 11.0. The molecule has 0 aliphatic carbocycles. The van der Waals surface area contributed by atoms with Gasteiger partial charge >= 0.3 is 5.97 Å². The topological polar surface area (TPSA) is 71.4 Å². The molecule has 1 rings (SSSR count). The fourth-order valence-corrected chi connectivity index (χ4v) is 1.59. The minimum Gasteiger partial charge on any atom is -0.478 e. The minimum absolute atomic E-state index is 0. The van der Waals surface area contributed by atoms with Crippen molar-refractivity contribution in [2.75, 3.05) is 0 Å². The standard InChI is InChI=1S/C9H8O4S.Na/c1-2-14(12,13)8-5-3-7(4-6-8)9(10)11;/h2-6H,1H2,(H,10,11);. The number of sulfone groups is 1. The molecule has 0 unspecified atom stereocenters. The zero-order chi connectivity index (χ0) is 10.8. The van der Waals surface area contributed by atoms with Crippen molar-refractivity contribution < 1.29 is 18.3 Å². The van der Waals surface area contributed by atoms with Crippen molar-refractivity contribution >= 4 is 45.4 Å². The number of benzene rings is 1. The van der Waals surface area contributed by atoms with Crippen LogP contribution < -0.4 is 0 Å². The van der Waals surface area contributed by atoms with E-state index in [0.29, 0.717) is 0 Å². The van der Waals surface area contributed by atoms with E-state index in [-0.39, 0.29) is 40.0 Å². The minimum atomic E-state index is -3.47. The van der Waals surface area contributed by atoms with Gasteiger partial charge in [0.25, 0.3) is 0 Å². The Bertz CT molecular complexity index is 461. The van der Waals surface area contributed by atoms with Crippen LogP contribution in [0.2, 0.25) is 0 Å². The second-order valence-electron chi connectivity index (χ2n) is 2.54. The number of hydrogen-bond acceptors (Lipinski definition) is 3. The summed E-state index contributed by atoms with van der Waals surface area (Å²) in [6.45, 7) is 3.16. The predicted molar refractivity (Wildman–Crippen MR) is 56.5 cm³/mol. The molecular weight excluding hydrogens is 227 g/mol. The summed E-state index contributed by atoms with van der Waals surface area (Å²) in [7, 11) is -3.47. The number of carboxylic acids is 1. The average Bonchev–Trinajstić information content (AvgIpc) is 2.18. The van der Waals surface area contributed by atoms with E-state index in [1.807, 2.05) is 0 Å². The molecule has 1 N–H and O–H groups in total. The van der Waals surface area contributed by atoms with Crippen LogP contribution in [0, 0.1) is 0 Å². The quantitative estimate of drug-likeness (QED) is 0.791. The first-order valence-corrected chi connectivity index (χ1v) is 5.23. The molecule has 1 radical (unpaired) electrons. The summed E-state index contributed by atoms with van der Waals surface area (Å²) < 4.78 is 22.4. The Kier molecular flexibility index (Phi) is 5.23. The van der Waals surface area contributed by atoms with Gasteiger partial charge in [-0.05, 0) is 24.3 Å². The Morgan fingerprint density at radius 2 is 1.73 bits per heavy atom. The number of hydrogen-bond donors (Lipinski definition) is 1. The van der Waals surface area contributed by atoms with Crippen molar-refractivity contribution in [1.82, 2.24) is 0 Å². The second kappa shape index (κ2) is 5.46. The van der Waals surface area contributed by atoms with Gasteiger partial charge in [-0.15, -0.1) is 0 Å². The molecule has 0 bridgehead atoms. The second-order valence-corrected chi connectivity index (χ2v) is 4.44. The molecule has 0 fully saturated rings. The summed E-state index contributed by atoms with van der Waals surface area (Å²) in [5.41, 5.74) is 0.0491. The molecule has 0 aromatic heterocycles. The van der Waals surface area contributed by atoms with Gasteiger partial charge in [-0.2, -0.15) is 0 Å². The van der Waals surface area contributed by atoms with E-state index in [4.69, 9.17) is 5.11 Å². The number of aromatic carboxylic acids is 1. The van der Waals surface area contributed by atoms with Crippen molar-refractivity contribution in [1.29, 1.82) is 0 Å². The normalized spacial score (nSPS) is 10.1. The molecule has 0 amide bonds. The van der Waals surface area contributed by atoms with Gasteiger partial charge < -0.3 is 5.11 Å². The fraction of sp³-hybridized carbons (Fsp3) is 0. The van der Waals surface area contributed by atoms with Crippen LogP contribution in [0.15, 0.2) is 41.1 Å². The summed E-state index contributed by atoms with van der Waals surface area (Å²) >= 11 is 0. The monoisotopic (exact) mass is 235 g/mol. The van der Waals surface area contributed by atoms with E-state index in [0.717, 1.165) is 5.41 Å². The van der Waals surface area contributed by atoms with Gasteiger partial charge in [0.15, 0.2) is 9.84 Å². The molecule has 0 heterocycles. The maximum atomic E-state index is 11.2. The Hall–Kier alpha value is -0.620. The molecule has 1 aromatic rings. The first-order valence-electron chi connectivity index (χ1n) is 3.68. The van der Waals surface area contributed by atoms with Crippen LogP contribution in [0.25, 0.3) is 0 Å². The van der Waals surface area contributed by atoms with Crippen LogP contribution in [0.3, 0.4) is 0 Å². The maximum Gasteiger partial charge on any atom is 0.335 e. The summed E-state index contributed by atoms with van der Waals surface area (Å²) in [6.07, 6.45) is 0. The summed E-state index contributed by atoms with van der Waals surface area (Å²) in [4.78, 5) is 10.5. The fourth-order valence-electron chi connectivity index (χ4n) is 0.883. The summed E-state index contributed by atoms with van der Waals surface area (Å²) in [5, 5.41) is 9.39. The van der Waals surface area contributed by atoms with Gasteiger partial charge in [0, 0.05) is 35.0 Å². The van der Waals surface area contributed by atoms with Gasteiger partial charge in [-0.3, -0.25) is 0 Å². The third-order valence-corrected chi connectivity index (χ3v) is 3.02. The van der Waals surface area contributed by atoms with E-state index in [9.17, 15) is 13.2 Å². The van der Waals surface area contributed by atoms with E-state index in [2.05, 4.69) is 6.58 Å². The first kappa shape index (κ1) is 14.4. The Morgan fingerprint density at radius 1 is 1.27 bits per heavy atom. The number of carbonyl (C=O) groups is 1.